The van der Waals surface area contributed by atoms with Crippen LogP contribution >= 0.6 is 24.0 Å². The molecule has 130 valence electrons. The van der Waals surface area contributed by atoms with Crippen LogP contribution in [0.3, 0.4) is 0 Å². The van der Waals surface area contributed by atoms with Crippen LogP contribution in [0.2, 0.25) is 0 Å². The third-order valence-corrected chi connectivity index (χ3v) is 3.74. The van der Waals surface area contributed by atoms with E-state index in [0.717, 1.165) is 18.5 Å². The van der Waals surface area contributed by atoms with Crippen LogP contribution < -0.4 is 16.4 Å². The number of aryl methyl sites for hydroxylation is 2. The summed E-state index contributed by atoms with van der Waals surface area (Å²) in [6.07, 6.45) is 1.85. The predicted molar refractivity (Wildman–Crippen MR) is 109 cm³/mol. The van der Waals surface area contributed by atoms with Gasteiger partial charge in [0.05, 0.1) is 12.0 Å². The fraction of sp³-hybridized carbons (Fsp3) is 0.529. The molecule has 0 saturated carbocycles. The number of guanidine groups is 1. The molecule has 0 atom stereocenters. The molecule has 4 N–H and O–H groups in total. The van der Waals surface area contributed by atoms with Crippen molar-refractivity contribution in [2.75, 3.05) is 18.9 Å². The van der Waals surface area contributed by atoms with E-state index in [9.17, 15) is 4.79 Å². The van der Waals surface area contributed by atoms with Gasteiger partial charge in [0.2, 0.25) is 5.91 Å². The molecule has 6 heteroatoms. The van der Waals surface area contributed by atoms with Gasteiger partial charge in [-0.1, -0.05) is 32.0 Å². The minimum Gasteiger partial charge on any atom is -0.370 e. The summed E-state index contributed by atoms with van der Waals surface area (Å²) in [7, 11) is 1.63. The summed E-state index contributed by atoms with van der Waals surface area (Å²) in [6, 6.07) is 6.23. The second-order valence-corrected chi connectivity index (χ2v) is 5.95. The topological polar surface area (TPSA) is 79.5 Å². The van der Waals surface area contributed by atoms with Gasteiger partial charge in [-0.05, 0) is 37.8 Å². The highest BCUT2D eigenvalue weighted by Gasteiger charge is 2.26. The molecule has 0 aromatic heterocycles. The number of carbonyl (C=O) groups is 1. The monoisotopic (exact) mass is 432 g/mol. The van der Waals surface area contributed by atoms with Crippen molar-refractivity contribution in [3.8, 4) is 0 Å². The zero-order valence-corrected chi connectivity index (χ0v) is 17.0. The molecule has 0 aliphatic carbocycles. The van der Waals surface area contributed by atoms with E-state index in [0.29, 0.717) is 12.5 Å². The first-order valence-corrected chi connectivity index (χ1v) is 7.75. The van der Waals surface area contributed by atoms with Crippen molar-refractivity contribution in [2.45, 2.75) is 40.5 Å². The number of carbonyl (C=O) groups excluding carboxylic acids is 1. The van der Waals surface area contributed by atoms with E-state index in [1.807, 2.05) is 13.8 Å². The summed E-state index contributed by atoms with van der Waals surface area (Å²) in [5.74, 6) is 0.292. The molecule has 0 heterocycles. The Bertz CT molecular complexity index is 533. The van der Waals surface area contributed by atoms with Crippen molar-refractivity contribution in [3.05, 3.63) is 29.3 Å². The van der Waals surface area contributed by atoms with Gasteiger partial charge in [-0.15, -0.1) is 24.0 Å². The summed E-state index contributed by atoms with van der Waals surface area (Å²) >= 11 is 0. The van der Waals surface area contributed by atoms with Crippen molar-refractivity contribution >= 4 is 41.5 Å². The number of aliphatic imine (C=N–C) groups is 1. The first kappa shape index (κ1) is 21.7. The Hall–Kier alpha value is -1.31. The van der Waals surface area contributed by atoms with Gasteiger partial charge in [0.25, 0.3) is 0 Å². The Kier molecular flexibility index (Phi) is 9.19. The number of nitrogens with two attached hydrogens (primary N) is 1. The lowest BCUT2D eigenvalue weighted by Crippen LogP contribution is -2.37. The first-order valence-electron chi connectivity index (χ1n) is 7.75. The third kappa shape index (κ3) is 6.01. The van der Waals surface area contributed by atoms with Gasteiger partial charge in [-0.2, -0.15) is 0 Å². The van der Waals surface area contributed by atoms with Crippen molar-refractivity contribution in [2.24, 2.45) is 16.1 Å². The fourth-order valence-electron chi connectivity index (χ4n) is 2.26. The molecule has 0 radical (unpaired) electrons. The van der Waals surface area contributed by atoms with E-state index in [1.165, 1.54) is 11.1 Å². The van der Waals surface area contributed by atoms with E-state index >= 15 is 0 Å². The molecule has 1 aromatic carbocycles. The molecule has 0 fully saturated rings. The van der Waals surface area contributed by atoms with E-state index < -0.39 is 5.41 Å². The number of hydrogen-bond acceptors (Lipinski definition) is 2. The molecule has 1 aromatic rings. The summed E-state index contributed by atoms with van der Waals surface area (Å²) in [4.78, 5) is 16.1. The van der Waals surface area contributed by atoms with Gasteiger partial charge < -0.3 is 16.4 Å². The zero-order chi connectivity index (χ0) is 16.8. The molecule has 0 saturated heterocycles. The molecule has 1 rings (SSSR count). The van der Waals surface area contributed by atoms with Crippen LogP contribution in [0.25, 0.3) is 0 Å². The standard InChI is InChI=1S/C17H28N4O.HI/c1-6-12-9-8-10-13(7-2)14(12)21-16(18)20-11-17(3,4)15(22)19-5;/h8-10H,6-7,11H2,1-5H3,(H,19,22)(H3,18,20,21);1H. The summed E-state index contributed by atoms with van der Waals surface area (Å²) in [5, 5.41) is 5.85. The smallest absolute Gasteiger partial charge is 0.227 e. The van der Waals surface area contributed by atoms with Gasteiger partial charge >= 0.3 is 0 Å². The zero-order valence-electron chi connectivity index (χ0n) is 14.7. The molecule has 1 amide bonds. The van der Waals surface area contributed by atoms with E-state index in [2.05, 4.69) is 47.7 Å². The van der Waals surface area contributed by atoms with Crippen molar-refractivity contribution in [1.29, 1.82) is 0 Å². The van der Waals surface area contributed by atoms with Crippen LogP contribution in [0.4, 0.5) is 5.69 Å². The van der Waals surface area contributed by atoms with Crippen molar-refractivity contribution in [1.82, 2.24) is 5.32 Å². The third-order valence-electron chi connectivity index (χ3n) is 3.74. The number of benzene rings is 1. The number of anilines is 1. The van der Waals surface area contributed by atoms with Crippen LogP contribution in [0.15, 0.2) is 23.2 Å². The van der Waals surface area contributed by atoms with Gasteiger partial charge in [-0.3, -0.25) is 9.79 Å². The van der Waals surface area contributed by atoms with Crippen LogP contribution in [-0.4, -0.2) is 25.5 Å². The Balaban J connectivity index is 0.00000484. The minimum absolute atomic E-state index is 0. The SMILES string of the molecule is CCc1cccc(CC)c1NC(N)=NCC(C)(C)C(=O)NC.I. The van der Waals surface area contributed by atoms with Crippen molar-refractivity contribution < 1.29 is 4.79 Å². The van der Waals surface area contributed by atoms with Gasteiger partial charge in [-0.25, -0.2) is 0 Å². The molecule has 0 unspecified atom stereocenters. The highest BCUT2D eigenvalue weighted by Crippen LogP contribution is 2.22. The maximum atomic E-state index is 11.8. The van der Waals surface area contributed by atoms with E-state index in [4.69, 9.17) is 5.73 Å². The van der Waals surface area contributed by atoms with Crippen molar-refractivity contribution in [3.63, 3.8) is 0 Å². The van der Waals surface area contributed by atoms with Crippen LogP contribution in [-0.2, 0) is 17.6 Å². The van der Waals surface area contributed by atoms with E-state index in [-0.39, 0.29) is 29.9 Å². The lowest BCUT2D eigenvalue weighted by Gasteiger charge is -2.21. The van der Waals surface area contributed by atoms with Crippen LogP contribution in [0.5, 0.6) is 0 Å². The van der Waals surface area contributed by atoms with Gasteiger partial charge in [0.1, 0.15) is 0 Å². The number of para-hydroxylation sites is 1. The lowest BCUT2D eigenvalue weighted by atomic mass is 9.93. The van der Waals surface area contributed by atoms with Gasteiger partial charge in [0, 0.05) is 12.7 Å². The molecule has 5 nitrogen and oxygen atoms in total. The number of nitrogens with zero attached hydrogens (tertiary/aromatic N) is 1. The number of hydrogen-bond donors (Lipinski definition) is 3. The second-order valence-electron chi connectivity index (χ2n) is 5.95. The normalized spacial score (nSPS) is 11.6. The number of halogens is 1. The Labute approximate surface area is 156 Å². The minimum atomic E-state index is -0.584. The highest BCUT2D eigenvalue weighted by atomic mass is 127. The highest BCUT2D eigenvalue weighted by molar-refractivity contribution is 14.0. The fourth-order valence-corrected chi connectivity index (χ4v) is 2.26. The summed E-state index contributed by atoms with van der Waals surface area (Å²) in [5.41, 5.74) is 8.88. The molecule has 0 aliphatic heterocycles. The predicted octanol–water partition coefficient (Wildman–Crippen LogP) is 2.93. The largest absolute Gasteiger partial charge is 0.370 e. The quantitative estimate of drug-likeness (QED) is 0.368. The molecule has 0 aliphatic rings. The molecule has 0 bridgehead atoms. The van der Waals surface area contributed by atoms with Gasteiger partial charge in [0.15, 0.2) is 5.96 Å². The average molecular weight is 432 g/mol. The summed E-state index contributed by atoms with van der Waals surface area (Å²) in [6.45, 7) is 8.26. The lowest BCUT2D eigenvalue weighted by molar-refractivity contribution is -0.128. The average Bonchev–Trinajstić information content (AvgIpc) is 2.52. The molecule has 23 heavy (non-hydrogen) atoms. The maximum Gasteiger partial charge on any atom is 0.227 e. The number of rotatable bonds is 6. The Morgan fingerprint density at radius 2 is 1.74 bits per heavy atom. The second kappa shape index (κ2) is 9.75. The Morgan fingerprint density at radius 3 is 2.17 bits per heavy atom. The molecular formula is C17H29IN4O. The molecule has 0 spiro atoms. The van der Waals surface area contributed by atoms with E-state index in [1.54, 1.807) is 7.05 Å². The maximum absolute atomic E-state index is 11.8. The number of amides is 1. The Morgan fingerprint density at radius 1 is 1.22 bits per heavy atom. The summed E-state index contributed by atoms with van der Waals surface area (Å²) < 4.78 is 0. The molecular weight excluding hydrogens is 403 g/mol. The first-order chi connectivity index (χ1) is 10.4. The van der Waals surface area contributed by atoms with Crippen LogP contribution in [0, 0.1) is 5.41 Å². The number of nitrogens with one attached hydrogen (secondary N) is 2. The van der Waals surface area contributed by atoms with Crippen LogP contribution in [0.1, 0.15) is 38.8 Å².